The number of halogens is 1. The molecule has 2 atom stereocenters. The van der Waals surface area contributed by atoms with E-state index in [4.69, 9.17) is 0 Å². The molecule has 0 bridgehead atoms. The predicted octanol–water partition coefficient (Wildman–Crippen LogP) is 3.58. The van der Waals surface area contributed by atoms with E-state index in [1.807, 2.05) is 26.1 Å². The third kappa shape index (κ3) is 3.41. The minimum Gasteiger partial charge on any atom is -0.299 e. The topological polar surface area (TPSA) is 20.3 Å². The average Bonchev–Trinajstić information content (AvgIpc) is 2.41. The maximum Gasteiger partial charge on any atom is 0.137 e. The van der Waals surface area contributed by atoms with Gasteiger partial charge in [-0.1, -0.05) is 24.6 Å². The Hall–Kier alpha value is -1.22. The van der Waals surface area contributed by atoms with Crippen molar-refractivity contribution in [2.45, 2.75) is 38.6 Å². The molecule has 2 rings (SSSR count). The van der Waals surface area contributed by atoms with Gasteiger partial charge >= 0.3 is 0 Å². The molecule has 0 amide bonds. The molecule has 0 aliphatic heterocycles. The summed E-state index contributed by atoms with van der Waals surface area (Å²) in [5, 5.41) is 0. The van der Waals surface area contributed by atoms with Crippen molar-refractivity contribution in [3.8, 4) is 0 Å². The summed E-state index contributed by atoms with van der Waals surface area (Å²) in [6.07, 6.45) is 3.86. The standard InChI is InChI=1S/C16H22FNO/c1-12(14-8-4-5-9-15(14)17)18(2)11-13-7-3-6-10-16(13)19/h4-5,8-9,12-13H,3,6-7,10-11H2,1-2H3. The van der Waals surface area contributed by atoms with Crippen molar-refractivity contribution < 1.29 is 9.18 Å². The second-order valence-corrected chi connectivity index (χ2v) is 5.55. The zero-order valence-electron chi connectivity index (χ0n) is 11.7. The van der Waals surface area contributed by atoms with Gasteiger partial charge in [-0.3, -0.25) is 9.69 Å². The fourth-order valence-corrected chi connectivity index (χ4v) is 2.81. The van der Waals surface area contributed by atoms with E-state index in [0.29, 0.717) is 17.8 Å². The maximum atomic E-state index is 13.8. The van der Waals surface area contributed by atoms with Gasteiger partial charge in [0.25, 0.3) is 0 Å². The molecule has 0 saturated heterocycles. The first-order chi connectivity index (χ1) is 9.09. The van der Waals surface area contributed by atoms with Crippen LogP contribution in [-0.2, 0) is 4.79 Å². The van der Waals surface area contributed by atoms with Crippen molar-refractivity contribution in [3.63, 3.8) is 0 Å². The molecule has 0 N–H and O–H groups in total. The lowest BCUT2D eigenvalue weighted by Gasteiger charge is -2.30. The number of Topliss-reactive ketones (excluding diaryl/α,β-unsaturated/α-hetero) is 1. The number of hydrogen-bond acceptors (Lipinski definition) is 2. The zero-order valence-corrected chi connectivity index (χ0v) is 11.7. The minimum atomic E-state index is -0.170. The number of nitrogens with zero attached hydrogens (tertiary/aromatic N) is 1. The Kier molecular flexibility index (Phi) is 4.70. The molecule has 1 saturated carbocycles. The summed E-state index contributed by atoms with van der Waals surface area (Å²) in [6, 6.07) is 6.87. The lowest BCUT2D eigenvalue weighted by Crippen LogP contribution is -2.34. The highest BCUT2D eigenvalue weighted by atomic mass is 19.1. The van der Waals surface area contributed by atoms with Crippen molar-refractivity contribution in [3.05, 3.63) is 35.6 Å². The van der Waals surface area contributed by atoms with Crippen molar-refractivity contribution in [2.75, 3.05) is 13.6 Å². The second kappa shape index (κ2) is 6.29. The van der Waals surface area contributed by atoms with Gasteiger partial charge < -0.3 is 0 Å². The van der Waals surface area contributed by atoms with Gasteiger partial charge in [-0.15, -0.1) is 0 Å². The maximum absolute atomic E-state index is 13.8. The Bertz CT molecular complexity index is 446. The van der Waals surface area contributed by atoms with Crippen molar-refractivity contribution in [2.24, 2.45) is 5.92 Å². The molecule has 0 spiro atoms. The fraction of sp³-hybridized carbons (Fsp3) is 0.562. The van der Waals surface area contributed by atoms with E-state index >= 15 is 0 Å². The zero-order chi connectivity index (χ0) is 13.8. The Morgan fingerprint density at radius 1 is 1.37 bits per heavy atom. The number of benzene rings is 1. The first-order valence-corrected chi connectivity index (χ1v) is 7.07. The SMILES string of the molecule is CC(c1ccccc1F)N(C)CC1CCCCC1=O. The molecule has 104 valence electrons. The molecular formula is C16H22FNO. The molecule has 19 heavy (non-hydrogen) atoms. The van der Waals surface area contributed by atoms with Crippen LogP contribution in [0.5, 0.6) is 0 Å². The Morgan fingerprint density at radius 2 is 2.11 bits per heavy atom. The second-order valence-electron chi connectivity index (χ2n) is 5.55. The average molecular weight is 263 g/mol. The normalized spacial score (nSPS) is 21.7. The molecule has 2 nitrogen and oxygen atoms in total. The van der Waals surface area contributed by atoms with Crippen LogP contribution in [-0.4, -0.2) is 24.3 Å². The largest absolute Gasteiger partial charge is 0.299 e. The molecule has 3 heteroatoms. The number of rotatable bonds is 4. The highest BCUT2D eigenvalue weighted by molar-refractivity contribution is 5.81. The summed E-state index contributed by atoms with van der Waals surface area (Å²) >= 11 is 0. The van der Waals surface area contributed by atoms with E-state index < -0.39 is 0 Å². The molecule has 2 unspecified atom stereocenters. The highest BCUT2D eigenvalue weighted by Crippen LogP contribution is 2.26. The van der Waals surface area contributed by atoms with Crippen molar-refractivity contribution >= 4 is 5.78 Å². The van der Waals surface area contributed by atoms with Gasteiger partial charge in [0.1, 0.15) is 11.6 Å². The van der Waals surface area contributed by atoms with Crippen LogP contribution in [0.4, 0.5) is 4.39 Å². The van der Waals surface area contributed by atoms with E-state index in [1.54, 1.807) is 6.07 Å². The van der Waals surface area contributed by atoms with Crippen molar-refractivity contribution in [1.29, 1.82) is 0 Å². The Labute approximate surface area is 114 Å². The number of carbonyl (C=O) groups excluding carboxylic acids is 1. The summed E-state index contributed by atoms with van der Waals surface area (Å²) in [7, 11) is 1.97. The van der Waals surface area contributed by atoms with Gasteiger partial charge in [-0.25, -0.2) is 4.39 Å². The monoisotopic (exact) mass is 263 g/mol. The molecule has 1 aliphatic carbocycles. The van der Waals surface area contributed by atoms with Gasteiger partial charge in [0.15, 0.2) is 0 Å². The number of carbonyl (C=O) groups is 1. The third-order valence-electron chi connectivity index (χ3n) is 4.21. The van der Waals surface area contributed by atoms with Crippen LogP contribution in [0.3, 0.4) is 0 Å². The van der Waals surface area contributed by atoms with Gasteiger partial charge in [-0.2, -0.15) is 0 Å². The van der Waals surface area contributed by atoms with Crippen LogP contribution < -0.4 is 0 Å². The van der Waals surface area contributed by atoms with E-state index in [0.717, 1.165) is 25.8 Å². The molecule has 1 aliphatic rings. The van der Waals surface area contributed by atoms with Crippen LogP contribution in [0.1, 0.15) is 44.2 Å². The molecule has 1 fully saturated rings. The molecular weight excluding hydrogens is 241 g/mol. The predicted molar refractivity (Wildman–Crippen MR) is 74.4 cm³/mol. The lowest BCUT2D eigenvalue weighted by atomic mass is 9.87. The van der Waals surface area contributed by atoms with Crippen LogP contribution in [0.25, 0.3) is 0 Å². The van der Waals surface area contributed by atoms with Gasteiger partial charge in [-0.05, 0) is 32.9 Å². The molecule has 0 heterocycles. The molecule has 0 aromatic heterocycles. The first-order valence-electron chi connectivity index (χ1n) is 7.07. The highest BCUT2D eigenvalue weighted by Gasteiger charge is 2.25. The van der Waals surface area contributed by atoms with Crippen molar-refractivity contribution in [1.82, 2.24) is 4.90 Å². The van der Waals surface area contributed by atoms with Crippen LogP contribution in [0.15, 0.2) is 24.3 Å². The number of ketones is 1. The Balaban J connectivity index is 2.01. The van der Waals surface area contributed by atoms with Crippen LogP contribution >= 0.6 is 0 Å². The lowest BCUT2D eigenvalue weighted by molar-refractivity contribution is -0.125. The summed E-state index contributed by atoms with van der Waals surface area (Å²) in [5.41, 5.74) is 0.702. The molecule has 0 radical (unpaired) electrons. The van der Waals surface area contributed by atoms with Gasteiger partial charge in [0, 0.05) is 30.5 Å². The van der Waals surface area contributed by atoms with E-state index in [2.05, 4.69) is 4.90 Å². The third-order valence-corrected chi connectivity index (χ3v) is 4.21. The summed E-state index contributed by atoms with van der Waals surface area (Å²) in [5.74, 6) is 0.337. The first kappa shape index (κ1) is 14.2. The van der Waals surface area contributed by atoms with Crippen LogP contribution in [0.2, 0.25) is 0 Å². The van der Waals surface area contributed by atoms with Crippen LogP contribution in [0, 0.1) is 11.7 Å². The molecule has 1 aromatic rings. The number of hydrogen-bond donors (Lipinski definition) is 0. The summed E-state index contributed by atoms with van der Waals surface area (Å²) in [6.45, 7) is 2.72. The van der Waals surface area contributed by atoms with E-state index in [-0.39, 0.29) is 17.8 Å². The van der Waals surface area contributed by atoms with E-state index in [1.165, 1.54) is 6.07 Å². The quantitative estimate of drug-likeness (QED) is 0.827. The fourth-order valence-electron chi connectivity index (χ4n) is 2.81. The van der Waals surface area contributed by atoms with Gasteiger partial charge in [0.05, 0.1) is 0 Å². The Morgan fingerprint density at radius 3 is 2.79 bits per heavy atom. The molecule has 1 aromatic carbocycles. The van der Waals surface area contributed by atoms with Gasteiger partial charge in [0.2, 0.25) is 0 Å². The smallest absolute Gasteiger partial charge is 0.137 e. The minimum absolute atomic E-state index is 0.00377. The summed E-state index contributed by atoms with van der Waals surface area (Å²) < 4.78 is 13.8. The summed E-state index contributed by atoms with van der Waals surface area (Å²) in [4.78, 5) is 13.9. The van der Waals surface area contributed by atoms with E-state index in [9.17, 15) is 9.18 Å².